The van der Waals surface area contributed by atoms with Gasteiger partial charge in [0.05, 0.1) is 18.6 Å². The Labute approximate surface area is 367 Å². The van der Waals surface area contributed by atoms with Gasteiger partial charge in [0.1, 0.15) is 17.7 Å². The van der Waals surface area contributed by atoms with Crippen LogP contribution in [0.4, 0.5) is 9.59 Å². The first-order valence-corrected chi connectivity index (χ1v) is 22.3. The van der Waals surface area contributed by atoms with Gasteiger partial charge < -0.3 is 35.6 Å². The summed E-state index contributed by atoms with van der Waals surface area (Å²) in [6.45, 7) is 15.2. The summed E-state index contributed by atoms with van der Waals surface area (Å²) in [7, 11) is 0. The molecule has 5 amide bonds. The van der Waals surface area contributed by atoms with Crippen molar-refractivity contribution >= 4 is 41.5 Å². The third kappa shape index (κ3) is 15.6. The number of likely N-dealkylation sites (tertiary alicyclic amines) is 1. The van der Waals surface area contributed by atoms with Gasteiger partial charge in [-0.05, 0) is 124 Å². The molecule has 1 aliphatic heterocycles. The molecule has 4 atom stereocenters. The zero-order valence-electron chi connectivity index (χ0n) is 38.0. The Bertz CT molecular complexity index is 1880. The number of ether oxygens (including phenoxy) is 2. The van der Waals surface area contributed by atoms with Gasteiger partial charge in [-0.2, -0.15) is 0 Å². The van der Waals surface area contributed by atoms with E-state index in [9.17, 15) is 33.6 Å². The van der Waals surface area contributed by atoms with Crippen molar-refractivity contribution in [3.63, 3.8) is 0 Å². The van der Waals surface area contributed by atoms with E-state index in [0.717, 1.165) is 18.4 Å². The molecule has 1 aromatic carbocycles. The number of benzene rings is 1. The molecule has 14 nitrogen and oxygen atoms in total. The predicted molar refractivity (Wildman–Crippen MR) is 237 cm³/mol. The zero-order chi connectivity index (χ0) is 45.6. The lowest BCUT2D eigenvalue weighted by molar-refractivity contribution is -0.141. The summed E-state index contributed by atoms with van der Waals surface area (Å²) in [6, 6.07) is 7.79. The van der Waals surface area contributed by atoms with E-state index >= 15 is 0 Å². The van der Waals surface area contributed by atoms with E-state index < -0.39 is 35.8 Å². The third-order valence-electron chi connectivity index (χ3n) is 11.3. The Hall–Kier alpha value is -5.27. The second-order valence-corrected chi connectivity index (χ2v) is 18.3. The number of carbonyl (C=O) groups excluding carboxylic acids is 7. The van der Waals surface area contributed by atoms with Crippen molar-refractivity contribution in [1.29, 1.82) is 0 Å². The molecule has 3 aliphatic rings. The van der Waals surface area contributed by atoms with Crippen LogP contribution in [0.1, 0.15) is 125 Å². The van der Waals surface area contributed by atoms with Crippen molar-refractivity contribution in [3.8, 4) is 0 Å². The highest BCUT2D eigenvalue weighted by molar-refractivity contribution is 6.24. The summed E-state index contributed by atoms with van der Waals surface area (Å²) >= 11 is 0. The summed E-state index contributed by atoms with van der Waals surface area (Å²) in [5.41, 5.74) is 2.11. The van der Waals surface area contributed by atoms with E-state index in [2.05, 4.69) is 35.1 Å². The molecule has 4 rings (SSSR count). The largest absolute Gasteiger partial charge is 0.450 e. The monoisotopic (exact) mass is 860 g/mol. The molecule has 4 N–H and O–H groups in total. The average Bonchev–Trinajstić information content (AvgIpc) is 3.89. The summed E-state index contributed by atoms with van der Waals surface area (Å²) in [5.74, 6) is -1.50. The molecule has 0 spiro atoms. The van der Waals surface area contributed by atoms with Gasteiger partial charge in [0, 0.05) is 41.4 Å². The highest BCUT2D eigenvalue weighted by atomic mass is 16.6. The zero-order valence-corrected chi connectivity index (χ0v) is 38.0. The molecule has 0 radical (unpaired) electrons. The van der Waals surface area contributed by atoms with Crippen LogP contribution in [0.5, 0.6) is 0 Å². The quantitative estimate of drug-likeness (QED) is 0.0602. The predicted octanol–water partition coefficient (Wildman–Crippen LogP) is 6.58. The van der Waals surface area contributed by atoms with E-state index in [1.165, 1.54) is 0 Å². The van der Waals surface area contributed by atoms with E-state index in [0.29, 0.717) is 86.6 Å². The number of amides is 5. The molecule has 14 heteroatoms. The van der Waals surface area contributed by atoms with Crippen molar-refractivity contribution in [2.24, 2.45) is 11.8 Å². The number of allylic oxidation sites excluding steroid dienone is 4. The second-order valence-electron chi connectivity index (χ2n) is 18.3. The number of ketones is 2. The molecule has 62 heavy (non-hydrogen) atoms. The summed E-state index contributed by atoms with van der Waals surface area (Å²) in [5, 5.41) is 11.6. The first-order chi connectivity index (χ1) is 29.3. The number of nitrogens with one attached hydrogen (secondary N) is 4. The molecule has 2 fully saturated rings. The molecule has 1 saturated heterocycles. The number of Topliss-reactive ketones (excluding diaryl/α,β-unsaturated/α-hetero) is 2. The summed E-state index contributed by atoms with van der Waals surface area (Å²) in [4.78, 5) is 93.6. The number of hydrogen-bond donors (Lipinski definition) is 4. The van der Waals surface area contributed by atoms with Crippen LogP contribution in [0.25, 0.3) is 0 Å². The molecule has 1 heterocycles. The first kappa shape index (κ1) is 49.4. The van der Waals surface area contributed by atoms with Crippen molar-refractivity contribution in [1.82, 2.24) is 26.2 Å². The maximum Gasteiger partial charge on any atom is 0.408 e. The molecule has 0 bridgehead atoms. The lowest BCUT2D eigenvalue weighted by atomic mass is 9.84. The van der Waals surface area contributed by atoms with Crippen molar-refractivity contribution in [3.05, 3.63) is 70.3 Å². The van der Waals surface area contributed by atoms with Gasteiger partial charge in [-0.15, -0.1) is 0 Å². The van der Waals surface area contributed by atoms with Crippen LogP contribution in [0.3, 0.4) is 0 Å². The van der Waals surface area contributed by atoms with Crippen molar-refractivity contribution in [2.45, 2.75) is 156 Å². The Kier molecular flexibility index (Phi) is 18.5. The minimum atomic E-state index is -0.822. The highest BCUT2D eigenvalue weighted by Crippen LogP contribution is 2.28. The van der Waals surface area contributed by atoms with Crippen LogP contribution >= 0.6 is 0 Å². The first-order valence-electron chi connectivity index (χ1n) is 22.3. The van der Waals surface area contributed by atoms with Gasteiger partial charge >= 0.3 is 12.2 Å². The number of nitrogens with zero attached hydrogens (tertiary/aromatic N) is 1. The third-order valence-corrected chi connectivity index (χ3v) is 11.3. The Morgan fingerprint density at radius 1 is 0.855 bits per heavy atom. The van der Waals surface area contributed by atoms with Crippen LogP contribution in [0.2, 0.25) is 0 Å². The summed E-state index contributed by atoms with van der Waals surface area (Å²) in [6.07, 6.45) is 8.53. The molecule has 0 aromatic heterocycles. The molecule has 2 aliphatic carbocycles. The van der Waals surface area contributed by atoms with Crippen molar-refractivity contribution in [2.75, 3.05) is 19.7 Å². The molecular formula is C48H69N5O9. The van der Waals surface area contributed by atoms with Gasteiger partial charge in [0.25, 0.3) is 0 Å². The highest BCUT2D eigenvalue weighted by Gasteiger charge is 2.38. The fourth-order valence-electron chi connectivity index (χ4n) is 7.69. The Balaban J connectivity index is 1.33. The van der Waals surface area contributed by atoms with Crippen LogP contribution in [-0.4, -0.2) is 95.8 Å². The lowest BCUT2D eigenvalue weighted by Gasteiger charge is -2.29. The van der Waals surface area contributed by atoms with Crippen LogP contribution in [0, 0.1) is 11.8 Å². The Morgan fingerprint density at radius 2 is 1.55 bits per heavy atom. The topological polar surface area (TPSA) is 189 Å². The number of carbonyl (C=O) groups is 7. The average molecular weight is 860 g/mol. The normalized spacial score (nSPS) is 18.5. The summed E-state index contributed by atoms with van der Waals surface area (Å²) < 4.78 is 10.8. The minimum Gasteiger partial charge on any atom is -0.450 e. The van der Waals surface area contributed by atoms with Gasteiger partial charge in [0.15, 0.2) is 11.6 Å². The molecule has 340 valence electrons. The van der Waals surface area contributed by atoms with Gasteiger partial charge in [-0.1, -0.05) is 56.3 Å². The van der Waals surface area contributed by atoms with Gasteiger partial charge in [-0.25, -0.2) is 9.59 Å². The fraction of sp³-hybridized carbons (Fsp3) is 0.604. The van der Waals surface area contributed by atoms with E-state index in [-0.39, 0.29) is 60.4 Å². The van der Waals surface area contributed by atoms with Crippen LogP contribution in [-0.2, 0) is 39.9 Å². The van der Waals surface area contributed by atoms with Gasteiger partial charge in [-0.3, -0.25) is 24.0 Å². The van der Waals surface area contributed by atoms with Gasteiger partial charge in [0.2, 0.25) is 17.7 Å². The van der Waals surface area contributed by atoms with E-state index in [4.69, 9.17) is 9.47 Å². The molecule has 0 unspecified atom stereocenters. The minimum absolute atomic E-state index is 0.0786. The molecular weight excluding hydrogens is 791 g/mol. The number of hydrogen-bond acceptors (Lipinski definition) is 9. The Morgan fingerprint density at radius 3 is 2.21 bits per heavy atom. The number of unbranched alkanes of at least 4 members (excludes halogenated alkanes) is 1. The maximum absolute atomic E-state index is 14.4. The van der Waals surface area contributed by atoms with Crippen LogP contribution < -0.4 is 21.3 Å². The maximum atomic E-state index is 14.4. The van der Waals surface area contributed by atoms with Crippen LogP contribution in [0.15, 0.2) is 64.8 Å². The second kappa shape index (κ2) is 23.3. The van der Waals surface area contributed by atoms with Crippen molar-refractivity contribution < 1.29 is 43.0 Å². The van der Waals surface area contributed by atoms with E-state index in [1.54, 1.807) is 46.4 Å². The molecule has 1 saturated carbocycles. The number of rotatable bonds is 21. The fourth-order valence-corrected chi connectivity index (χ4v) is 7.69. The number of alkyl carbamates (subject to hydrolysis) is 2. The molecule has 1 aromatic rings. The smallest absolute Gasteiger partial charge is 0.408 e. The SMILES string of the molecule is CC1=C(C)C(=O)C(CCCOC(=O)NCCCC[C@H](NC(=O)[C@@H]2CCCN2C(=O)[C@H](/C=C/[C@H](CC(C)C)NC(=O)OC(C)(C)C)Cc2ccccc2)C(=O)NC2CC2)=C(C)C1=O. The lowest BCUT2D eigenvalue weighted by Crippen LogP contribution is -2.54. The standard InChI is InChI=1S/C48H69N5O9/c1-30(2)28-37(51-47(60)62-48(6,7)8)22-21-35(29-34-16-10-9-11-17-34)45(58)53-26-14-20-40(53)44(57)52-39(43(56)50-36-23-24-36)19-12-13-25-49-46(59)61-27-15-18-38-33(5)41(54)31(3)32(4)42(38)55/h9-11,16-17,21-22,30,35-37,39-40H,12-15,18-20,23-29H2,1-8H3,(H,49,59)(H,50,56)(H,51,60)(H,52,57)/b22-21+/t35-,37-,39+,40+/m1/s1. The van der Waals surface area contributed by atoms with E-state index in [1.807, 2.05) is 42.5 Å².